The van der Waals surface area contributed by atoms with Gasteiger partial charge in [-0.1, -0.05) is 13.0 Å². The van der Waals surface area contributed by atoms with Crippen molar-refractivity contribution < 1.29 is 19.1 Å². The molecule has 6 nitrogen and oxygen atoms in total. The highest BCUT2D eigenvalue weighted by atomic mass is 32.1. The van der Waals surface area contributed by atoms with Gasteiger partial charge in [-0.05, 0) is 27.2 Å². The number of carbonyl (C=O) groups is 2. The highest BCUT2D eigenvalue weighted by Crippen LogP contribution is 2.21. The molecule has 1 aromatic rings. The molecule has 0 saturated carbocycles. The number of hydrogen-bond acceptors (Lipinski definition) is 7. The van der Waals surface area contributed by atoms with E-state index >= 15 is 0 Å². The summed E-state index contributed by atoms with van der Waals surface area (Å²) in [6, 6.07) is 0. The predicted octanol–water partition coefficient (Wildman–Crippen LogP) is 2.61. The van der Waals surface area contributed by atoms with E-state index in [2.05, 4.69) is 4.98 Å². The average molecular weight is 312 g/mol. The molecule has 2 N–H and O–H groups in total. The van der Waals surface area contributed by atoms with Gasteiger partial charge in [-0.3, -0.25) is 4.79 Å². The monoisotopic (exact) mass is 312 g/mol. The Morgan fingerprint density at radius 1 is 1.38 bits per heavy atom. The summed E-state index contributed by atoms with van der Waals surface area (Å²) < 4.78 is 9.85. The predicted molar refractivity (Wildman–Crippen MR) is 81.3 cm³/mol. The third-order valence-corrected chi connectivity index (χ3v) is 3.09. The van der Waals surface area contributed by atoms with E-state index in [1.54, 1.807) is 32.2 Å². The molecule has 0 atom stereocenters. The van der Waals surface area contributed by atoms with Crippen LogP contribution in [0.4, 0.5) is 5.13 Å². The molecule has 1 heterocycles. The van der Waals surface area contributed by atoms with E-state index in [0.717, 1.165) is 0 Å². The Labute approximate surface area is 128 Å². The first-order chi connectivity index (χ1) is 9.75. The van der Waals surface area contributed by atoms with Crippen LogP contribution < -0.4 is 5.73 Å². The first-order valence-electron chi connectivity index (χ1n) is 6.51. The number of esters is 2. The summed E-state index contributed by atoms with van der Waals surface area (Å²) in [6.45, 7) is 6.63. The SMILES string of the molecule is CC/C=C(\C(=O)OCOC(=O)C(C)(C)C)c1csc(N)n1. The number of aromatic nitrogens is 1. The van der Waals surface area contributed by atoms with Crippen LogP contribution in [0.2, 0.25) is 0 Å². The molecular weight excluding hydrogens is 292 g/mol. The second-order valence-corrected chi connectivity index (χ2v) is 6.22. The van der Waals surface area contributed by atoms with Gasteiger partial charge >= 0.3 is 11.9 Å². The van der Waals surface area contributed by atoms with Crippen molar-refractivity contribution >= 4 is 34.0 Å². The fraction of sp³-hybridized carbons (Fsp3) is 0.500. The van der Waals surface area contributed by atoms with Gasteiger partial charge in [0.1, 0.15) is 0 Å². The number of nitrogens with zero attached hydrogens (tertiary/aromatic N) is 1. The summed E-state index contributed by atoms with van der Waals surface area (Å²) >= 11 is 1.24. The Morgan fingerprint density at radius 2 is 2.05 bits per heavy atom. The molecule has 21 heavy (non-hydrogen) atoms. The zero-order valence-corrected chi connectivity index (χ0v) is 13.5. The molecule has 0 aliphatic rings. The number of hydrogen-bond donors (Lipinski definition) is 1. The Kier molecular flexibility index (Phi) is 5.90. The highest BCUT2D eigenvalue weighted by Gasteiger charge is 2.24. The topological polar surface area (TPSA) is 91.5 Å². The second kappa shape index (κ2) is 7.21. The third kappa shape index (κ3) is 5.18. The molecule has 0 aliphatic carbocycles. The first-order valence-corrected chi connectivity index (χ1v) is 7.39. The van der Waals surface area contributed by atoms with E-state index in [9.17, 15) is 9.59 Å². The normalized spacial score (nSPS) is 12.1. The molecule has 1 aromatic heterocycles. The number of thiazole rings is 1. The molecular formula is C14H20N2O4S. The van der Waals surface area contributed by atoms with Crippen molar-refractivity contribution in [3.05, 3.63) is 17.2 Å². The van der Waals surface area contributed by atoms with Crippen molar-refractivity contribution in [2.45, 2.75) is 34.1 Å². The largest absolute Gasteiger partial charge is 0.427 e. The molecule has 0 saturated heterocycles. The van der Waals surface area contributed by atoms with Crippen molar-refractivity contribution in [3.63, 3.8) is 0 Å². The van der Waals surface area contributed by atoms with Crippen molar-refractivity contribution in [1.29, 1.82) is 0 Å². The van der Waals surface area contributed by atoms with E-state index in [1.807, 2.05) is 6.92 Å². The lowest BCUT2D eigenvalue weighted by molar-refractivity contribution is -0.170. The number of allylic oxidation sites excluding steroid dienone is 1. The minimum Gasteiger partial charge on any atom is -0.427 e. The third-order valence-electron chi connectivity index (χ3n) is 2.42. The summed E-state index contributed by atoms with van der Waals surface area (Å²) in [6.07, 6.45) is 2.34. The fourth-order valence-electron chi connectivity index (χ4n) is 1.34. The van der Waals surface area contributed by atoms with Gasteiger partial charge < -0.3 is 15.2 Å². The van der Waals surface area contributed by atoms with Crippen LogP contribution in [-0.4, -0.2) is 23.7 Å². The van der Waals surface area contributed by atoms with Gasteiger partial charge in [-0.2, -0.15) is 0 Å². The van der Waals surface area contributed by atoms with Crippen LogP contribution in [0.25, 0.3) is 5.57 Å². The van der Waals surface area contributed by atoms with Gasteiger partial charge in [0, 0.05) is 5.38 Å². The molecule has 116 valence electrons. The van der Waals surface area contributed by atoms with Gasteiger partial charge in [-0.25, -0.2) is 9.78 Å². The summed E-state index contributed by atoms with van der Waals surface area (Å²) in [7, 11) is 0. The molecule has 0 radical (unpaired) electrons. The van der Waals surface area contributed by atoms with Crippen LogP contribution in [-0.2, 0) is 19.1 Å². The molecule has 0 aromatic carbocycles. The molecule has 0 aliphatic heterocycles. The Balaban J connectivity index is 2.64. The lowest BCUT2D eigenvalue weighted by Gasteiger charge is -2.16. The maximum Gasteiger partial charge on any atom is 0.342 e. The maximum absolute atomic E-state index is 12.0. The van der Waals surface area contributed by atoms with Crippen LogP contribution in [0.3, 0.4) is 0 Å². The lowest BCUT2D eigenvalue weighted by Crippen LogP contribution is -2.25. The number of rotatable bonds is 5. The molecule has 1 rings (SSSR count). The smallest absolute Gasteiger partial charge is 0.342 e. The van der Waals surface area contributed by atoms with Crippen molar-refractivity contribution in [2.75, 3.05) is 12.5 Å². The van der Waals surface area contributed by atoms with Gasteiger partial charge in [0.05, 0.1) is 16.7 Å². The van der Waals surface area contributed by atoms with Crippen LogP contribution in [0.1, 0.15) is 39.8 Å². The van der Waals surface area contributed by atoms with Gasteiger partial charge in [0.2, 0.25) is 6.79 Å². The molecule has 0 unspecified atom stereocenters. The van der Waals surface area contributed by atoms with E-state index < -0.39 is 24.1 Å². The standard InChI is InChI=1S/C14H20N2O4S/c1-5-6-9(10-7-21-13(15)16-10)11(17)19-8-20-12(18)14(2,3)4/h6-7H,5,8H2,1-4H3,(H2,15,16)/b9-6-. The molecule has 0 spiro atoms. The number of anilines is 1. The molecule has 0 fully saturated rings. The average Bonchev–Trinajstić information content (AvgIpc) is 2.80. The number of nitrogens with two attached hydrogens (primary N) is 1. The van der Waals surface area contributed by atoms with Crippen molar-refractivity contribution in [1.82, 2.24) is 4.98 Å². The molecule has 0 amide bonds. The van der Waals surface area contributed by atoms with E-state index in [0.29, 0.717) is 22.8 Å². The fourth-order valence-corrected chi connectivity index (χ4v) is 1.90. The first kappa shape index (κ1) is 17.2. The summed E-state index contributed by atoms with van der Waals surface area (Å²) in [5, 5.41) is 2.05. The van der Waals surface area contributed by atoms with Crippen LogP contribution in [0, 0.1) is 5.41 Å². The Hall–Kier alpha value is -1.89. The minimum absolute atomic E-state index is 0.317. The van der Waals surface area contributed by atoms with Crippen LogP contribution in [0.5, 0.6) is 0 Å². The zero-order valence-electron chi connectivity index (χ0n) is 12.6. The summed E-state index contributed by atoms with van der Waals surface area (Å²) in [5.41, 5.74) is 5.70. The molecule has 0 bridgehead atoms. The number of nitrogen functional groups attached to an aromatic ring is 1. The summed E-state index contributed by atoms with van der Waals surface area (Å²) in [5.74, 6) is -1.03. The van der Waals surface area contributed by atoms with Crippen molar-refractivity contribution in [2.24, 2.45) is 5.41 Å². The van der Waals surface area contributed by atoms with E-state index in [4.69, 9.17) is 15.2 Å². The van der Waals surface area contributed by atoms with Gasteiger partial charge in [0.15, 0.2) is 5.13 Å². The van der Waals surface area contributed by atoms with Crippen LogP contribution in [0.15, 0.2) is 11.5 Å². The van der Waals surface area contributed by atoms with Crippen molar-refractivity contribution in [3.8, 4) is 0 Å². The van der Waals surface area contributed by atoms with E-state index in [1.165, 1.54) is 11.3 Å². The Morgan fingerprint density at radius 3 is 2.52 bits per heavy atom. The minimum atomic E-state index is -0.641. The van der Waals surface area contributed by atoms with E-state index in [-0.39, 0.29) is 0 Å². The van der Waals surface area contributed by atoms with Gasteiger partial charge in [0.25, 0.3) is 0 Å². The quantitative estimate of drug-likeness (QED) is 0.510. The maximum atomic E-state index is 12.0. The highest BCUT2D eigenvalue weighted by molar-refractivity contribution is 7.13. The molecule has 7 heteroatoms. The zero-order chi connectivity index (χ0) is 16.0. The summed E-state index contributed by atoms with van der Waals surface area (Å²) in [4.78, 5) is 27.6. The Bertz CT molecular complexity index is 543. The lowest BCUT2D eigenvalue weighted by atomic mass is 9.98. The second-order valence-electron chi connectivity index (χ2n) is 5.33. The number of carbonyl (C=O) groups excluding carboxylic acids is 2. The van der Waals surface area contributed by atoms with Gasteiger partial charge in [-0.15, -0.1) is 11.3 Å². The number of ether oxygens (including phenoxy) is 2. The van der Waals surface area contributed by atoms with Crippen LogP contribution >= 0.6 is 11.3 Å².